The molecule has 152 valence electrons. The summed E-state index contributed by atoms with van der Waals surface area (Å²) in [6.07, 6.45) is 0.909. The minimum atomic E-state index is -0.204. The molecule has 1 aromatic heterocycles. The number of nitrogens with one attached hydrogen (secondary N) is 1. The van der Waals surface area contributed by atoms with E-state index in [1.807, 2.05) is 50.2 Å². The van der Waals surface area contributed by atoms with Crippen molar-refractivity contribution in [1.82, 2.24) is 15.0 Å². The van der Waals surface area contributed by atoms with Gasteiger partial charge in [0.25, 0.3) is 5.91 Å². The maximum atomic E-state index is 12.8. The van der Waals surface area contributed by atoms with Crippen LogP contribution >= 0.6 is 11.6 Å². The van der Waals surface area contributed by atoms with E-state index in [2.05, 4.69) is 15.5 Å². The Morgan fingerprint density at radius 1 is 1.07 bits per heavy atom. The molecule has 0 fully saturated rings. The summed E-state index contributed by atoms with van der Waals surface area (Å²) < 4.78 is 5.62. The second kappa shape index (κ2) is 8.55. The highest BCUT2D eigenvalue weighted by molar-refractivity contribution is 6.30. The van der Waals surface area contributed by atoms with E-state index < -0.39 is 0 Å². The first kappa shape index (κ1) is 19.9. The second-order valence-corrected chi connectivity index (χ2v) is 7.39. The van der Waals surface area contributed by atoms with Gasteiger partial charge >= 0.3 is 0 Å². The summed E-state index contributed by atoms with van der Waals surface area (Å²) in [5.41, 5.74) is 4.37. The first-order chi connectivity index (χ1) is 14.5. The molecule has 3 aromatic carbocycles. The number of carbonyl (C=O) groups is 1. The number of nitrogens with zero attached hydrogens (tertiary/aromatic N) is 3. The van der Waals surface area contributed by atoms with Crippen LogP contribution in [0.15, 0.2) is 60.7 Å². The summed E-state index contributed by atoms with van der Waals surface area (Å²) in [6, 6.07) is 18.2. The Balaban J connectivity index is 1.59. The van der Waals surface area contributed by atoms with E-state index in [1.165, 1.54) is 0 Å². The molecule has 1 N–H and O–H groups in total. The van der Waals surface area contributed by atoms with Crippen molar-refractivity contribution in [1.29, 1.82) is 0 Å². The molecule has 4 aromatic rings. The summed E-state index contributed by atoms with van der Waals surface area (Å²) in [7, 11) is 0. The molecule has 6 nitrogen and oxygen atoms in total. The fourth-order valence-electron chi connectivity index (χ4n) is 3.03. The van der Waals surface area contributed by atoms with Crippen molar-refractivity contribution in [2.75, 3.05) is 11.9 Å². The fourth-order valence-corrected chi connectivity index (χ4v) is 3.16. The maximum absolute atomic E-state index is 12.8. The molecule has 0 spiro atoms. The molecule has 0 aliphatic heterocycles. The molecule has 1 amide bonds. The third-order valence-electron chi connectivity index (χ3n) is 4.60. The van der Waals surface area contributed by atoms with Crippen molar-refractivity contribution in [2.45, 2.75) is 20.3 Å². The Morgan fingerprint density at radius 3 is 2.53 bits per heavy atom. The summed E-state index contributed by atoms with van der Waals surface area (Å²) in [5, 5.41) is 12.7. The number of rotatable bonds is 6. The number of hydrogen-bond acceptors (Lipinski definition) is 4. The average Bonchev–Trinajstić information content (AvgIpc) is 3.15. The maximum Gasteiger partial charge on any atom is 0.255 e. The van der Waals surface area contributed by atoms with Crippen LogP contribution in [0.1, 0.15) is 29.3 Å². The molecule has 0 saturated carbocycles. The zero-order chi connectivity index (χ0) is 21.1. The van der Waals surface area contributed by atoms with Crippen LogP contribution in [0.2, 0.25) is 5.02 Å². The number of hydrogen-bond donors (Lipinski definition) is 1. The molecule has 0 aliphatic rings. The van der Waals surface area contributed by atoms with Gasteiger partial charge in [0.2, 0.25) is 0 Å². The van der Waals surface area contributed by atoms with Gasteiger partial charge in [-0.15, -0.1) is 10.2 Å². The lowest BCUT2D eigenvalue weighted by atomic mass is 10.1. The molecular formula is C23H21ClN4O2. The number of halogens is 1. The Hall–Kier alpha value is -3.38. The van der Waals surface area contributed by atoms with Crippen molar-refractivity contribution in [3.63, 3.8) is 0 Å². The Morgan fingerprint density at radius 2 is 1.80 bits per heavy atom. The van der Waals surface area contributed by atoms with Gasteiger partial charge in [-0.1, -0.05) is 24.6 Å². The van der Waals surface area contributed by atoms with Gasteiger partial charge in [-0.2, -0.15) is 4.80 Å². The van der Waals surface area contributed by atoms with Crippen LogP contribution < -0.4 is 10.1 Å². The second-order valence-electron chi connectivity index (χ2n) is 6.95. The number of fused-ring (bicyclic) bond motifs is 1. The minimum absolute atomic E-state index is 0.204. The number of aryl methyl sites for hydroxylation is 1. The molecule has 0 bridgehead atoms. The van der Waals surface area contributed by atoms with Crippen molar-refractivity contribution in [3.8, 4) is 11.4 Å². The molecule has 30 heavy (non-hydrogen) atoms. The van der Waals surface area contributed by atoms with Crippen LogP contribution in [0, 0.1) is 6.92 Å². The number of carbonyl (C=O) groups excluding carboxylic acids is 1. The smallest absolute Gasteiger partial charge is 0.255 e. The molecule has 0 aliphatic carbocycles. The lowest BCUT2D eigenvalue weighted by Crippen LogP contribution is -2.13. The standard InChI is InChI=1S/C23H21ClN4O2/c1-3-11-30-19-6-4-5-16(13-19)23(29)25-20-14-22-21(12-15(20)2)26-28(27-22)18-9-7-17(24)8-10-18/h4-10,12-14H,3,11H2,1-2H3,(H,25,29). The summed E-state index contributed by atoms with van der Waals surface area (Å²) in [6.45, 7) is 4.58. The highest BCUT2D eigenvalue weighted by Crippen LogP contribution is 2.24. The molecule has 0 saturated heterocycles. The predicted molar refractivity (Wildman–Crippen MR) is 119 cm³/mol. The molecule has 1 heterocycles. The lowest BCUT2D eigenvalue weighted by molar-refractivity contribution is 0.102. The third-order valence-corrected chi connectivity index (χ3v) is 4.85. The number of ether oxygens (including phenoxy) is 1. The van der Waals surface area contributed by atoms with Gasteiger partial charge in [0.15, 0.2) is 0 Å². The van der Waals surface area contributed by atoms with Crippen molar-refractivity contribution < 1.29 is 9.53 Å². The van der Waals surface area contributed by atoms with Crippen LogP contribution in [0.25, 0.3) is 16.7 Å². The third kappa shape index (κ3) is 4.28. The number of anilines is 1. The van der Waals surface area contributed by atoms with E-state index in [0.717, 1.165) is 23.2 Å². The van der Waals surface area contributed by atoms with E-state index in [4.69, 9.17) is 16.3 Å². The van der Waals surface area contributed by atoms with Crippen LogP contribution in [0.3, 0.4) is 0 Å². The van der Waals surface area contributed by atoms with E-state index in [0.29, 0.717) is 34.1 Å². The monoisotopic (exact) mass is 420 g/mol. The largest absolute Gasteiger partial charge is 0.494 e. The summed E-state index contributed by atoms with van der Waals surface area (Å²) in [4.78, 5) is 14.3. The first-order valence-corrected chi connectivity index (χ1v) is 10.1. The number of amides is 1. The van der Waals surface area contributed by atoms with Gasteiger partial charge in [0.1, 0.15) is 16.8 Å². The number of aromatic nitrogens is 3. The first-order valence-electron chi connectivity index (χ1n) is 9.71. The number of benzene rings is 3. The van der Waals surface area contributed by atoms with Gasteiger partial charge in [-0.3, -0.25) is 4.79 Å². The van der Waals surface area contributed by atoms with Gasteiger partial charge < -0.3 is 10.1 Å². The zero-order valence-corrected chi connectivity index (χ0v) is 17.5. The average molecular weight is 421 g/mol. The lowest BCUT2D eigenvalue weighted by Gasteiger charge is -2.10. The zero-order valence-electron chi connectivity index (χ0n) is 16.7. The van der Waals surface area contributed by atoms with Gasteiger partial charge in [-0.25, -0.2) is 0 Å². The van der Waals surface area contributed by atoms with Crippen LogP contribution in [-0.2, 0) is 0 Å². The SMILES string of the molecule is CCCOc1cccc(C(=O)Nc2cc3nn(-c4ccc(Cl)cc4)nc3cc2C)c1. The topological polar surface area (TPSA) is 69.0 Å². The summed E-state index contributed by atoms with van der Waals surface area (Å²) in [5.74, 6) is 0.479. The van der Waals surface area contributed by atoms with Crippen LogP contribution in [-0.4, -0.2) is 27.5 Å². The predicted octanol–water partition coefficient (Wildman–Crippen LogP) is 5.42. The minimum Gasteiger partial charge on any atom is -0.494 e. The quantitative estimate of drug-likeness (QED) is 0.452. The molecule has 0 unspecified atom stereocenters. The Bertz CT molecular complexity index is 1200. The molecular weight excluding hydrogens is 400 g/mol. The van der Waals surface area contributed by atoms with E-state index in [-0.39, 0.29) is 5.91 Å². The van der Waals surface area contributed by atoms with Crippen LogP contribution in [0.5, 0.6) is 5.75 Å². The Labute approximate surface area is 179 Å². The van der Waals surface area contributed by atoms with Gasteiger partial charge in [-0.05, 0) is 73.5 Å². The Kier molecular flexibility index (Phi) is 5.68. The van der Waals surface area contributed by atoms with E-state index in [1.54, 1.807) is 29.1 Å². The van der Waals surface area contributed by atoms with Crippen molar-refractivity contribution >= 4 is 34.2 Å². The summed E-state index contributed by atoms with van der Waals surface area (Å²) >= 11 is 5.95. The fraction of sp³-hybridized carbons (Fsp3) is 0.174. The van der Waals surface area contributed by atoms with E-state index >= 15 is 0 Å². The normalized spacial score (nSPS) is 10.9. The molecule has 0 radical (unpaired) electrons. The van der Waals surface area contributed by atoms with E-state index in [9.17, 15) is 4.79 Å². The van der Waals surface area contributed by atoms with Crippen molar-refractivity contribution in [2.24, 2.45) is 0 Å². The van der Waals surface area contributed by atoms with Crippen LogP contribution in [0.4, 0.5) is 5.69 Å². The highest BCUT2D eigenvalue weighted by Gasteiger charge is 2.12. The highest BCUT2D eigenvalue weighted by atomic mass is 35.5. The molecule has 4 rings (SSSR count). The molecule has 7 heteroatoms. The van der Waals surface area contributed by atoms with Gasteiger partial charge in [0.05, 0.1) is 12.3 Å². The van der Waals surface area contributed by atoms with Crippen molar-refractivity contribution in [3.05, 3.63) is 76.8 Å². The molecule has 0 atom stereocenters. The van der Waals surface area contributed by atoms with Gasteiger partial charge in [0, 0.05) is 16.3 Å².